The standard InChI is InChI=1S/C18H18N4O3/c1-24-15-6-7-17(25-2)16(9-15)21-18(23)14-5-3-4-13(8-14)10-22-12-19-11-20-22/h3-9,11-12H,10H2,1-2H3,(H,21,23). The van der Waals surface area contributed by atoms with Gasteiger partial charge in [0.1, 0.15) is 24.2 Å². The molecule has 7 heteroatoms. The average molecular weight is 338 g/mol. The monoisotopic (exact) mass is 338 g/mol. The zero-order chi connectivity index (χ0) is 17.6. The molecule has 0 aliphatic heterocycles. The number of rotatable bonds is 6. The third-order valence-corrected chi connectivity index (χ3v) is 3.66. The molecular weight excluding hydrogens is 320 g/mol. The normalized spacial score (nSPS) is 10.3. The zero-order valence-electron chi connectivity index (χ0n) is 14.0. The van der Waals surface area contributed by atoms with Gasteiger partial charge in [0.05, 0.1) is 26.5 Å². The highest BCUT2D eigenvalue weighted by atomic mass is 16.5. The van der Waals surface area contributed by atoms with Gasteiger partial charge < -0.3 is 14.8 Å². The fourth-order valence-electron chi connectivity index (χ4n) is 2.42. The first-order valence-corrected chi connectivity index (χ1v) is 7.64. The van der Waals surface area contributed by atoms with Crippen molar-refractivity contribution in [1.82, 2.24) is 14.8 Å². The second-order valence-electron chi connectivity index (χ2n) is 5.31. The van der Waals surface area contributed by atoms with Crippen LogP contribution in [0.15, 0.2) is 55.1 Å². The summed E-state index contributed by atoms with van der Waals surface area (Å²) in [6.07, 6.45) is 3.11. The minimum atomic E-state index is -0.230. The molecular formula is C18H18N4O3. The van der Waals surface area contributed by atoms with Crippen LogP contribution in [0.5, 0.6) is 11.5 Å². The Morgan fingerprint density at radius 2 is 2.04 bits per heavy atom. The number of nitrogens with zero attached hydrogens (tertiary/aromatic N) is 3. The van der Waals surface area contributed by atoms with E-state index in [4.69, 9.17) is 9.47 Å². The van der Waals surface area contributed by atoms with Crippen molar-refractivity contribution in [3.05, 3.63) is 66.2 Å². The van der Waals surface area contributed by atoms with Crippen LogP contribution in [0.2, 0.25) is 0 Å². The minimum absolute atomic E-state index is 0.230. The molecule has 128 valence electrons. The van der Waals surface area contributed by atoms with Crippen molar-refractivity contribution < 1.29 is 14.3 Å². The number of nitrogens with one attached hydrogen (secondary N) is 1. The second kappa shape index (κ2) is 7.48. The highest BCUT2D eigenvalue weighted by Gasteiger charge is 2.11. The fraction of sp³-hybridized carbons (Fsp3) is 0.167. The SMILES string of the molecule is COc1ccc(OC)c(NC(=O)c2cccc(Cn3cncn3)c2)c1. The van der Waals surface area contributed by atoms with Gasteiger partial charge in [-0.05, 0) is 29.8 Å². The zero-order valence-corrected chi connectivity index (χ0v) is 14.0. The van der Waals surface area contributed by atoms with Crippen LogP contribution in [-0.4, -0.2) is 34.9 Å². The van der Waals surface area contributed by atoms with Crippen LogP contribution >= 0.6 is 0 Å². The first kappa shape index (κ1) is 16.5. The number of hydrogen-bond acceptors (Lipinski definition) is 5. The Morgan fingerprint density at radius 3 is 2.76 bits per heavy atom. The predicted molar refractivity (Wildman–Crippen MR) is 93.1 cm³/mol. The Hall–Kier alpha value is -3.35. The number of amides is 1. The van der Waals surface area contributed by atoms with Crippen molar-refractivity contribution in [3.63, 3.8) is 0 Å². The van der Waals surface area contributed by atoms with E-state index in [2.05, 4.69) is 15.4 Å². The van der Waals surface area contributed by atoms with Crippen LogP contribution < -0.4 is 14.8 Å². The Morgan fingerprint density at radius 1 is 1.16 bits per heavy atom. The summed E-state index contributed by atoms with van der Waals surface area (Å²) in [5, 5.41) is 6.93. The molecule has 3 aromatic rings. The average Bonchev–Trinajstić information content (AvgIpc) is 3.14. The van der Waals surface area contributed by atoms with Crippen LogP contribution in [0.25, 0.3) is 0 Å². The largest absolute Gasteiger partial charge is 0.497 e. The van der Waals surface area contributed by atoms with E-state index in [1.807, 2.05) is 18.2 Å². The molecule has 0 spiro atoms. The third-order valence-electron chi connectivity index (χ3n) is 3.66. The number of carbonyl (C=O) groups is 1. The molecule has 1 N–H and O–H groups in total. The molecule has 1 aromatic heterocycles. The van der Waals surface area contributed by atoms with E-state index in [1.54, 1.807) is 49.5 Å². The van der Waals surface area contributed by atoms with E-state index in [1.165, 1.54) is 6.33 Å². The summed E-state index contributed by atoms with van der Waals surface area (Å²) in [6.45, 7) is 0.545. The number of methoxy groups -OCH3 is 2. The van der Waals surface area contributed by atoms with Gasteiger partial charge in [-0.2, -0.15) is 5.10 Å². The fourth-order valence-corrected chi connectivity index (χ4v) is 2.42. The van der Waals surface area contributed by atoms with Gasteiger partial charge in [-0.1, -0.05) is 12.1 Å². The van der Waals surface area contributed by atoms with Gasteiger partial charge in [0.25, 0.3) is 5.91 Å². The lowest BCUT2D eigenvalue weighted by atomic mass is 10.1. The van der Waals surface area contributed by atoms with E-state index in [-0.39, 0.29) is 5.91 Å². The third kappa shape index (κ3) is 3.95. The van der Waals surface area contributed by atoms with Crippen LogP contribution in [0, 0.1) is 0 Å². The van der Waals surface area contributed by atoms with Crippen LogP contribution in [-0.2, 0) is 6.54 Å². The molecule has 0 atom stereocenters. The number of aromatic nitrogens is 3. The first-order valence-electron chi connectivity index (χ1n) is 7.64. The van der Waals surface area contributed by atoms with Gasteiger partial charge in [0, 0.05) is 11.6 Å². The van der Waals surface area contributed by atoms with Crippen LogP contribution in [0.3, 0.4) is 0 Å². The van der Waals surface area contributed by atoms with Crippen molar-refractivity contribution in [2.75, 3.05) is 19.5 Å². The quantitative estimate of drug-likeness (QED) is 0.747. The molecule has 2 aromatic carbocycles. The maximum atomic E-state index is 12.6. The number of anilines is 1. The highest BCUT2D eigenvalue weighted by Crippen LogP contribution is 2.29. The summed E-state index contributed by atoms with van der Waals surface area (Å²) < 4.78 is 12.2. The van der Waals surface area contributed by atoms with Crippen molar-refractivity contribution >= 4 is 11.6 Å². The molecule has 0 aliphatic rings. The molecule has 1 amide bonds. The van der Waals surface area contributed by atoms with E-state index in [9.17, 15) is 4.79 Å². The molecule has 1 heterocycles. The lowest BCUT2D eigenvalue weighted by Gasteiger charge is -2.12. The van der Waals surface area contributed by atoms with Gasteiger partial charge in [-0.25, -0.2) is 9.67 Å². The lowest BCUT2D eigenvalue weighted by Crippen LogP contribution is -2.13. The van der Waals surface area contributed by atoms with E-state index < -0.39 is 0 Å². The summed E-state index contributed by atoms with van der Waals surface area (Å²) in [4.78, 5) is 16.5. The Kier molecular flexibility index (Phi) is 4.94. The van der Waals surface area contributed by atoms with Crippen molar-refractivity contribution in [3.8, 4) is 11.5 Å². The lowest BCUT2D eigenvalue weighted by molar-refractivity contribution is 0.102. The summed E-state index contributed by atoms with van der Waals surface area (Å²) >= 11 is 0. The minimum Gasteiger partial charge on any atom is -0.497 e. The molecule has 25 heavy (non-hydrogen) atoms. The Bertz CT molecular complexity index is 863. The van der Waals surface area contributed by atoms with Gasteiger partial charge >= 0.3 is 0 Å². The molecule has 3 rings (SSSR count). The number of benzene rings is 2. The molecule has 0 bridgehead atoms. The van der Waals surface area contributed by atoms with Gasteiger partial charge in [0.2, 0.25) is 0 Å². The van der Waals surface area contributed by atoms with Gasteiger partial charge in [0.15, 0.2) is 0 Å². The molecule has 0 saturated carbocycles. The Labute approximate surface area is 145 Å². The van der Waals surface area contributed by atoms with E-state index in [0.29, 0.717) is 29.3 Å². The number of ether oxygens (including phenoxy) is 2. The molecule has 0 radical (unpaired) electrons. The smallest absolute Gasteiger partial charge is 0.255 e. The van der Waals surface area contributed by atoms with Crippen LogP contribution in [0.4, 0.5) is 5.69 Å². The maximum Gasteiger partial charge on any atom is 0.255 e. The van der Waals surface area contributed by atoms with E-state index in [0.717, 1.165) is 5.56 Å². The van der Waals surface area contributed by atoms with Crippen LogP contribution in [0.1, 0.15) is 15.9 Å². The van der Waals surface area contributed by atoms with Crippen molar-refractivity contribution in [2.45, 2.75) is 6.54 Å². The van der Waals surface area contributed by atoms with Gasteiger partial charge in [-0.15, -0.1) is 0 Å². The molecule has 0 saturated heterocycles. The van der Waals surface area contributed by atoms with Crippen molar-refractivity contribution in [2.24, 2.45) is 0 Å². The summed E-state index contributed by atoms with van der Waals surface area (Å²) in [5.74, 6) is 0.968. The maximum absolute atomic E-state index is 12.6. The predicted octanol–water partition coefficient (Wildman–Crippen LogP) is 2.60. The summed E-state index contributed by atoms with van der Waals surface area (Å²) in [7, 11) is 3.12. The summed E-state index contributed by atoms with van der Waals surface area (Å²) in [6, 6.07) is 12.6. The molecule has 0 unspecified atom stereocenters. The number of hydrogen-bond donors (Lipinski definition) is 1. The molecule has 0 fully saturated rings. The topological polar surface area (TPSA) is 78.3 Å². The second-order valence-corrected chi connectivity index (χ2v) is 5.31. The summed E-state index contributed by atoms with van der Waals surface area (Å²) in [5.41, 5.74) is 2.05. The van der Waals surface area contributed by atoms with Gasteiger partial charge in [-0.3, -0.25) is 4.79 Å². The first-order chi connectivity index (χ1) is 12.2. The van der Waals surface area contributed by atoms with E-state index >= 15 is 0 Å². The highest BCUT2D eigenvalue weighted by molar-refractivity contribution is 6.05. The molecule has 7 nitrogen and oxygen atoms in total. The molecule has 0 aliphatic carbocycles. The van der Waals surface area contributed by atoms with Crippen molar-refractivity contribution in [1.29, 1.82) is 0 Å². The Balaban J connectivity index is 1.79. The number of carbonyl (C=O) groups excluding carboxylic acids is 1.